The average Bonchev–Trinajstić information content (AvgIpc) is 3.30. The summed E-state index contributed by atoms with van der Waals surface area (Å²) in [5, 5.41) is 3.04. The number of amides is 1. The van der Waals surface area contributed by atoms with Gasteiger partial charge in [-0.15, -0.1) is 0 Å². The van der Waals surface area contributed by atoms with Crippen molar-refractivity contribution in [2.24, 2.45) is 0 Å². The Morgan fingerprint density at radius 2 is 1.93 bits per heavy atom. The summed E-state index contributed by atoms with van der Waals surface area (Å²) in [6, 6.07) is 3.68. The second-order valence-electron chi connectivity index (χ2n) is 7.16. The predicted molar refractivity (Wildman–Crippen MR) is 111 cm³/mol. The third-order valence-electron chi connectivity index (χ3n) is 5.30. The molecule has 1 aromatic heterocycles. The lowest BCUT2D eigenvalue weighted by Crippen LogP contribution is -2.36. The van der Waals surface area contributed by atoms with Crippen molar-refractivity contribution in [1.82, 2.24) is 15.3 Å². The average molecular weight is 411 g/mol. The van der Waals surface area contributed by atoms with Gasteiger partial charge in [0.25, 0.3) is 5.91 Å². The van der Waals surface area contributed by atoms with Gasteiger partial charge in [0.1, 0.15) is 0 Å². The van der Waals surface area contributed by atoms with E-state index in [2.05, 4.69) is 10.3 Å². The van der Waals surface area contributed by atoms with Gasteiger partial charge >= 0.3 is 0 Å². The Bertz CT molecular complexity index is 958. The summed E-state index contributed by atoms with van der Waals surface area (Å²) in [7, 11) is 4.69. The molecule has 158 valence electrons. The summed E-state index contributed by atoms with van der Waals surface area (Å²) in [4.78, 5) is 22.3. The van der Waals surface area contributed by atoms with Crippen LogP contribution in [0.2, 0.25) is 0 Å². The number of hydrogen-bond donors (Lipinski definition) is 1. The van der Waals surface area contributed by atoms with E-state index in [1.807, 2.05) is 18.2 Å². The number of rotatable bonds is 6. The lowest BCUT2D eigenvalue weighted by molar-refractivity contribution is -0.116. The second-order valence-corrected chi connectivity index (χ2v) is 7.16. The molecule has 1 fully saturated rings. The molecule has 4 rings (SSSR count). The number of hydrogen-bond acceptors (Lipinski definition) is 7. The van der Waals surface area contributed by atoms with Crippen LogP contribution in [0, 0.1) is 0 Å². The van der Waals surface area contributed by atoms with Gasteiger partial charge in [-0.2, -0.15) is 0 Å². The molecule has 30 heavy (non-hydrogen) atoms. The third kappa shape index (κ3) is 3.82. The van der Waals surface area contributed by atoms with Crippen LogP contribution >= 0.6 is 0 Å². The van der Waals surface area contributed by atoms with Crippen molar-refractivity contribution in [3.63, 3.8) is 0 Å². The maximum atomic E-state index is 12.9. The lowest BCUT2D eigenvalue weighted by Gasteiger charge is -2.19. The third-order valence-corrected chi connectivity index (χ3v) is 5.30. The molecule has 1 amide bonds. The Kier molecular flexibility index (Phi) is 5.85. The molecule has 2 aromatic rings. The Labute approximate surface area is 175 Å². The highest BCUT2D eigenvalue weighted by Crippen LogP contribution is 2.41. The number of aromatic nitrogens is 2. The van der Waals surface area contributed by atoms with Crippen molar-refractivity contribution in [2.45, 2.75) is 25.3 Å². The van der Waals surface area contributed by atoms with Crippen molar-refractivity contribution in [3.05, 3.63) is 35.8 Å². The molecule has 2 heterocycles. The van der Waals surface area contributed by atoms with E-state index in [0.717, 1.165) is 30.5 Å². The molecular formula is C22H25N3O5. The molecule has 1 atom stereocenters. The zero-order chi connectivity index (χ0) is 21.1. The molecule has 1 unspecified atom stereocenters. The molecule has 1 N–H and O–H groups in total. The number of fused-ring (bicyclic) bond motifs is 1. The van der Waals surface area contributed by atoms with E-state index < -0.39 is 0 Å². The number of methoxy groups -OCH3 is 3. The molecule has 1 aliphatic heterocycles. The van der Waals surface area contributed by atoms with E-state index in [9.17, 15) is 4.79 Å². The van der Waals surface area contributed by atoms with Gasteiger partial charge in [0.05, 0.1) is 62.8 Å². The quantitative estimate of drug-likeness (QED) is 0.780. The van der Waals surface area contributed by atoms with E-state index in [4.69, 9.17) is 23.9 Å². The molecule has 0 radical (unpaired) electrons. The van der Waals surface area contributed by atoms with Gasteiger partial charge in [-0.3, -0.25) is 9.78 Å². The minimum absolute atomic E-state index is 0.0371. The number of allylic oxidation sites excluding steroid dienone is 1. The van der Waals surface area contributed by atoms with E-state index >= 15 is 0 Å². The normalized spacial score (nSPS) is 17.7. The number of benzene rings is 1. The molecule has 0 spiro atoms. The first-order valence-electron chi connectivity index (χ1n) is 9.90. The number of nitrogens with one attached hydrogen (secondary N) is 1. The number of carbonyl (C=O) groups excluding carboxylic acids is 1. The van der Waals surface area contributed by atoms with E-state index in [0.29, 0.717) is 47.4 Å². The van der Waals surface area contributed by atoms with Gasteiger partial charge in [-0.25, -0.2) is 4.98 Å². The largest absolute Gasteiger partial charge is 0.493 e. The standard InChI is InChI=1S/C22H25N3O5/c1-27-18-9-13(10-19(28-2)21(18)29-3)17-11-23-16-6-4-5-15(20(16)25-17)22(26)24-14-7-8-30-12-14/h5,9-11,14H,4,6-8,12H2,1-3H3,(H,24,26). The van der Waals surface area contributed by atoms with Gasteiger partial charge in [-0.1, -0.05) is 6.08 Å². The van der Waals surface area contributed by atoms with Crippen molar-refractivity contribution in [1.29, 1.82) is 0 Å². The van der Waals surface area contributed by atoms with Crippen LogP contribution in [0.15, 0.2) is 24.4 Å². The van der Waals surface area contributed by atoms with Crippen molar-refractivity contribution < 1.29 is 23.7 Å². The Hall–Kier alpha value is -3.13. The molecule has 1 aliphatic carbocycles. The van der Waals surface area contributed by atoms with Gasteiger partial charge in [-0.05, 0) is 31.4 Å². The summed E-state index contributed by atoms with van der Waals surface area (Å²) in [5.74, 6) is 1.43. The Morgan fingerprint density at radius 1 is 1.17 bits per heavy atom. The molecule has 8 heteroatoms. The van der Waals surface area contributed by atoms with Crippen LogP contribution in [0.25, 0.3) is 16.8 Å². The molecule has 1 saturated heterocycles. The van der Waals surface area contributed by atoms with Crippen molar-refractivity contribution >= 4 is 11.5 Å². The molecule has 0 bridgehead atoms. The van der Waals surface area contributed by atoms with Crippen LogP contribution in [-0.2, 0) is 16.0 Å². The van der Waals surface area contributed by atoms with Gasteiger partial charge in [0.2, 0.25) is 5.75 Å². The summed E-state index contributed by atoms with van der Waals surface area (Å²) in [5.41, 5.74) is 3.38. The summed E-state index contributed by atoms with van der Waals surface area (Å²) >= 11 is 0. The summed E-state index contributed by atoms with van der Waals surface area (Å²) in [6.45, 7) is 1.22. The number of nitrogens with zero attached hydrogens (tertiary/aromatic N) is 2. The SMILES string of the molecule is COc1cc(-c2cnc3c(n2)C(C(=O)NC2CCOC2)=CCC3)cc(OC)c1OC. The fourth-order valence-corrected chi connectivity index (χ4v) is 3.74. The minimum Gasteiger partial charge on any atom is -0.493 e. The molecular weight excluding hydrogens is 386 g/mol. The number of carbonyl (C=O) groups is 1. The Morgan fingerprint density at radius 3 is 2.57 bits per heavy atom. The fourth-order valence-electron chi connectivity index (χ4n) is 3.74. The maximum absolute atomic E-state index is 12.9. The predicted octanol–water partition coefficient (Wildman–Crippen LogP) is 2.40. The maximum Gasteiger partial charge on any atom is 0.253 e. The zero-order valence-corrected chi connectivity index (χ0v) is 17.4. The second kappa shape index (κ2) is 8.71. The summed E-state index contributed by atoms with van der Waals surface area (Å²) < 4.78 is 21.6. The molecule has 1 aromatic carbocycles. The van der Waals surface area contributed by atoms with Crippen LogP contribution in [0.4, 0.5) is 0 Å². The monoisotopic (exact) mass is 411 g/mol. The van der Waals surface area contributed by atoms with Gasteiger partial charge in [0, 0.05) is 12.2 Å². The van der Waals surface area contributed by atoms with Gasteiger partial charge in [0.15, 0.2) is 11.5 Å². The van der Waals surface area contributed by atoms with Crippen LogP contribution < -0.4 is 19.5 Å². The fraction of sp³-hybridized carbons (Fsp3) is 0.409. The summed E-state index contributed by atoms with van der Waals surface area (Å²) in [6.07, 6.45) is 5.98. The zero-order valence-electron chi connectivity index (χ0n) is 17.4. The van der Waals surface area contributed by atoms with Crippen molar-refractivity contribution in [2.75, 3.05) is 34.5 Å². The van der Waals surface area contributed by atoms with Crippen molar-refractivity contribution in [3.8, 4) is 28.5 Å². The molecule has 0 saturated carbocycles. The molecule has 2 aliphatic rings. The minimum atomic E-state index is -0.136. The van der Waals surface area contributed by atoms with E-state index in [-0.39, 0.29) is 11.9 Å². The first kappa shape index (κ1) is 20.2. The highest BCUT2D eigenvalue weighted by atomic mass is 16.5. The van der Waals surface area contributed by atoms with Crippen LogP contribution in [-0.4, -0.2) is 56.5 Å². The smallest absolute Gasteiger partial charge is 0.253 e. The van der Waals surface area contributed by atoms with E-state index in [1.54, 1.807) is 27.5 Å². The van der Waals surface area contributed by atoms with Gasteiger partial charge < -0.3 is 24.3 Å². The number of aryl methyl sites for hydroxylation is 1. The van der Waals surface area contributed by atoms with Crippen LogP contribution in [0.1, 0.15) is 24.2 Å². The molecule has 8 nitrogen and oxygen atoms in total. The van der Waals surface area contributed by atoms with Crippen LogP contribution in [0.3, 0.4) is 0 Å². The number of ether oxygens (including phenoxy) is 4. The highest BCUT2D eigenvalue weighted by Gasteiger charge is 2.26. The first-order chi connectivity index (χ1) is 14.6. The van der Waals surface area contributed by atoms with Crippen LogP contribution in [0.5, 0.6) is 17.2 Å². The van der Waals surface area contributed by atoms with E-state index in [1.165, 1.54) is 0 Å². The first-order valence-corrected chi connectivity index (χ1v) is 9.90. The highest BCUT2D eigenvalue weighted by molar-refractivity contribution is 6.19. The topological polar surface area (TPSA) is 91.8 Å². The lowest BCUT2D eigenvalue weighted by atomic mass is 9.97. The Balaban J connectivity index is 1.70.